The number of hydrogen-bond acceptors (Lipinski definition) is 4. The minimum absolute atomic E-state index is 0.212. The second-order valence-corrected chi connectivity index (χ2v) is 5.85. The van der Waals surface area contributed by atoms with E-state index in [2.05, 4.69) is 32.0 Å². The SMILES string of the molecule is N#C/C(=C\c1cc2c(cc1Br)OCO2)c1nc2ccccc2[nH]1. The minimum atomic E-state index is 0.212. The van der Waals surface area contributed by atoms with Crippen LogP contribution in [-0.2, 0) is 0 Å². The topological polar surface area (TPSA) is 70.9 Å². The van der Waals surface area contributed by atoms with Crippen molar-refractivity contribution in [1.29, 1.82) is 5.26 Å². The molecule has 0 atom stereocenters. The largest absolute Gasteiger partial charge is 0.454 e. The summed E-state index contributed by atoms with van der Waals surface area (Å²) in [5.41, 5.74) is 2.99. The molecule has 0 aliphatic carbocycles. The highest BCUT2D eigenvalue weighted by atomic mass is 79.9. The number of nitrogens with one attached hydrogen (secondary N) is 1. The van der Waals surface area contributed by atoms with E-state index in [4.69, 9.17) is 9.47 Å². The Kier molecular flexibility index (Phi) is 3.28. The van der Waals surface area contributed by atoms with Gasteiger partial charge in [0.05, 0.1) is 16.6 Å². The van der Waals surface area contributed by atoms with Crippen LogP contribution < -0.4 is 9.47 Å². The fourth-order valence-corrected chi connectivity index (χ4v) is 2.87. The van der Waals surface area contributed by atoms with E-state index < -0.39 is 0 Å². The van der Waals surface area contributed by atoms with Crippen LogP contribution in [0.5, 0.6) is 11.5 Å². The molecule has 0 saturated carbocycles. The molecule has 1 aliphatic rings. The monoisotopic (exact) mass is 367 g/mol. The number of para-hydroxylation sites is 2. The van der Waals surface area contributed by atoms with Gasteiger partial charge in [0, 0.05) is 4.47 Å². The Balaban J connectivity index is 1.80. The van der Waals surface area contributed by atoms with E-state index in [1.807, 2.05) is 36.4 Å². The Morgan fingerprint density at radius 2 is 2.04 bits per heavy atom. The van der Waals surface area contributed by atoms with Crippen molar-refractivity contribution in [3.63, 3.8) is 0 Å². The van der Waals surface area contributed by atoms with Crippen molar-refractivity contribution in [2.45, 2.75) is 0 Å². The molecule has 0 amide bonds. The van der Waals surface area contributed by atoms with Gasteiger partial charge in [0.15, 0.2) is 11.5 Å². The number of allylic oxidation sites excluding steroid dienone is 1. The molecular weight excluding hydrogens is 358 g/mol. The summed E-state index contributed by atoms with van der Waals surface area (Å²) in [4.78, 5) is 7.63. The van der Waals surface area contributed by atoms with Gasteiger partial charge in [0.1, 0.15) is 11.9 Å². The molecule has 23 heavy (non-hydrogen) atoms. The standard InChI is InChI=1S/C17H10BrN3O2/c18-12-7-16-15(22-9-23-16)6-10(12)5-11(8-19)17-20-13-3-1-2-4-14(13)21-17/h1-7H,9H2,(H,20,21)/b11-5+. The quantitative estimate of drug-likeness (QED) is 0.691. The van der Waals surface area contributed by atoms with Gasteiger partial charge in [-0.15, -0.1) is 0 Å². The van der Waals surface area contributed by atoms with E-state index in [9.17, 15) is 5.26 Å². The summed E-state index contributed by atoms with van der Waals surface area (Å²) in [6, 6.07) is 13.5. The number of aromatic nitrogens is 2. The number of benzene rings is 2. The van der Waals surface area contributed by atoms with Gasteiger partial charge in [-0.1, -0.05) is 28.1 Å². The fourth-order valence-electron chi connectivity index (χ4n) is 2.43. The molecule has 6 heteroatoms. The summed E-state index contributed by atoms with van der Waals surface area (Å²) >= 11 is 3.49. The van der Waals surface area contributed by atoms with Crippen LogP contribution in [0.25, 0.3) is 22.7 Å². The maximum absolute atomic E-state index is 9.50. The molecule has 3 aromatic rings. The van der Waals surface area contributed by atoms with Crippen molar-refractivity contribution in [2.24, 2.45) is 0 Å². The van der Waals surface area contributed by atoms with Gasteiger partial charge in [-0.05, 0) is 35.9 Å². The Hall–Kier alpha value is -2.78. The third kappa shape index (κ3) is 2.45. The number of fused-ring (bicyclic) bond motifs is 2. The van der Waals surface area contributed by atoms with Gasteiger partial charge in [-0.2, -0.15) is 5.26 Å². The van der Waals surface area contributed by atoms with E-state index in [1.54, 1.807) is 6.08 Å². The molecule has 0 spiro atoms. The molecule has 0 saturated heterocycles. The van der Waals surface area contributed by atoms with Crippen LogP contribution in [0.3, 0.4) is 0 Å². The van der Waals surface area contributed by atoms with E-state index in [0.717, 1.165) is 21.1 Å². The molecule has 1 aromatic heterocycles. The molecule has 112 valence electrons. The van der Waals surface area contributed by atoms with Crippen molar-refractivity contribution in [1.82, 2.24) is 9.97 Å². The maximum atomic E-state index is 9.50. The van der Waals surface area contributed by atoms with Crippen molar-refractivity contribution < 1.29 is 9.47 Å². The fraction of sp³-hybridized carbons (Fsp3) is 0.0588. The predicted octanol–water partition coefficient (Wildman–Crippen LogP) is 4.12. The first-order chi connectivity index (χ1) is 11.2. The summed E-state index contributed by atoms with van der Waals surface area (Å²) < 4.78 is 11.5. The molecule has 4 rings (SSSR count). The third-order valence-electron chi connectivity index (χ3n) is 3.56. The van der Waals surface area contributed by atoms with Gasteiger partial charge in [0.25, 0.3) is 0 Å². The Morgan fingerprint density at radius 3 is 2.83 bits per heavy atom. The smallest absolute Gasteiger partial charge is 0.231 e. The highest BCUT2D eigenvalue weighted by Gasteiger charge is 2.16. The van der Waals surface area contributed by atoms with Crippen LogP contribution in [-0.4, -0.2) is 16.8 Å². The number of nitriles is 1. The van der Waals surface area contributed by atoms with Crippen LogP contribution in [0.1, 0.15) is 11.4 Å². The second-order valence-electron chi connectivity index (χ2n) is 5.00. The molecule has 5 nitrogen and oxygen atoms in total. The third-order valence-corrected chi connectivity index (χ3v) is 4.24. The summed E-state index contributed by atoms with van der Waals surface area (Å²) in [5.74, 6) is 1.90. The number of rotatable bonds is 2. The summed E-state index contributed by atoms with van der Waals surface area (Å²) in [6.07, 6.45) is 1.77. The van der Waals surface area contributed by atoms with Crippen LogP contribution in [0.2, 0.25) is 0 Å². The first kappa shape index (κ1) is 13.9. The normalized spacial score (nSPS) is 13.3. The number of imidazole rings is 1. The Labute approximate surface area is 140 Å². The number of halogens is 1. The van der Waals surface area contributed by atoms with Crippen LogP contribution >= 0.6 is 15.9 Å². The van der Waals surface area contributed by atoms with Gasteiger partial charge in [0.2, 0.25) is 6.79 Å². The summed E-state index contributed by atoms with van der Waals surface area (Å²) in [7, 11) is 0. The molecule has 1 N–H and O–H groups in total. The average Bonchev–Trinajstić information content (AvgIpc) is 3.18. The second kappa shape index (κ2) is 5.45. The van der Waals surface area contributed by atoms with E-state index >= 15 is 0 Å². The molecule has 0 bridgehead atoms. The maximum Gasteiger partial charge on any atom is 0.231 e. The Bertz CT molecular complexity index is 952. The molecule has 0 fully saturated rings. The lowest BCUT2D eigenvalue weighted by Gasteiger charge is -2.02. The van der Waals surface area contributed by atoms with E-state index in [-0.39, 0.29) is 6.79 Å². The zero-order valence-electron chi connectivity index (χ0n) is 11.8. The molecule has 0 radical (unpaired) electrons. The minimum Gasteiger partial charge on any atom is -0.454 e. The van der Waals surface area contributed by atoms with E-state index in [1.165, 1.54) is 0 Å². The lowest BCUT2D eigenvalue weighted by molar-refractivity contribution is 0.174. The first-order valence-electron chi connectivity index (χ1n) is 6.90. The van der Waals surface area contributed by atoms with Crippen LogP contribution in [0, 0.1) is 11.3 Å². The van der Waals surface area contributed by atoms with Gasteiger partial charge in [-0.3, -0.25) is 0 Å². The first-order valence-corrected chi connectivity index (χ1v) is 7.70. The van der Waals surface area contributed by atoms with Gasteiger partial charge in [-0.25, -0.2) is 4.98 Å². The van der Waals surface area contributed by atoms with Crippen molar-refractivity contribution >= 4 is 38.6 Å². The van der Waals surface area contributed by atoms with Gasteiger partial charge < -0.3 is 14.5 Å². The lowest BCUT2D eigenvalue weighted by Crippen LogP contribution is -1.92. The van der Waals surface area contributed by atoms with Crippen LogP contribution in [0.4, 0.5) is 0 Å². The number of H-pyrrole nitrogens is 1. The lowest BCUT2D eigenvalue weighted by atomic mass is 10.1. The highest BCUT2D eigenvalue weighted by Crippen LogP contribution is 2.38. The van der Waals surface area contributed by atoms with E-state index in [0.29, 0.717) is 22.9 Å². The zero-order valence-corrected chi connectivity index (χ0v) is 13.4. The molecule has 1 aliphatic heterocycles. The summed E-state index contributed by atoms with van der Waals surface area (Å²) in [6.45, 7) is 0.212. The molecule has 2 aromatic carbocycles. The summed E-state index contributed by atoms with van der Waals surface area (Å²) in [5, 5.41) is 9.50. The van der Waals surface area contributed by atoms with Crippen molar-refractivity contribution in [3.8, 4) is 17.6 Å². The number of ether oxygens (including phenoxy) is 2. The molecular formula is C17H10BrN3O2. The highest BCUT2D eigenvalue weighted by molar-refractivity contribution is 9.10. The van der Waals surface area contributed by atoms with Gasteiger partial charge >= 0.3 is 0 Å². The number of aromatic amines is 1. The predicted molar refractivity (Wildman–Crippen MR) is 89.8 cm³/mol. The van der Waals surface area contributed by atoms with Crippen molar-refractivity contribution in [3.05, 3.63) is 52.3 Å². The average molecular weight is 368 g/mol. The van der Waals surface area contributed by atoms with Crippen molar-refractivity contribution in [2.75, 3.05) is 6.79 Å². The number of nitrogens with zero attached hydrogens (tertiary/aromatic N) is 2. The molecule has 0 unspecified atom stereocenters. The Morgan fingerprint density at radius 1 is 1.26 bits per heavy atom. The molecule has 2 heterocycles. The van der Waals surface area contributed by atoms with Crippen LogP contribution in [0.15, 0.2) is 40.9 Å². The zero-order chi connectivity index (χ0) is 15.8. The number of hydrogen-bond donors (Lipinski definition) is 1.